The molecule has 0 N–H and O–H groups in total. The fourth-order valence-electron chi connectivity index (χ4n) is 2.53. The van der Waals surface area contributed by atoms with Crippen molar-refractivity contribution < 1.29 is 9.53 Å². The molecule has 1 aliphatic rings. The fraction of sp³-hybridized carbons (Fsp3) is 0.0952. The van der Waals surface area contributed by atoms with Crippen LogP contribution in [0, 0.1) is 22.7 Å². The Balaban J connectivity index is 1.84. The van der Waals surface area contributed by atoms with Crippen molar-refractivity contribution in [3.8, 4) is 12.1 Å². The first-order chi connectivity index (χ1) is 12.2. The summed E-state index contributed by atoms with van der Waals surface area (Å²) < 4.78 is 5.54. The molecule has 1 heterocycles. The van der Waals surface area contributed by atoms with Crippen molar-refractivity contribution in [2.45, 2.75) is 0 Å². The largest absolute Gasteiger partial charge is 0.372 e. The van der Waals surface area contributed by atoms with E-state index in [1.165, 1.54) is 0 Å². The summed E-state index contributed by atoms with van der Waals surface area (Å²) >= 11 is 0. The Morgan fingerprint density at radius 2 is 1.16 bits per heavy atom. The Hall–Kier alpha value is -3.47. The second kappa shape index (κ2) is 7.40. The van der Waals surface area contributed by atoms with E-state index in [2.05, 4.69) is 12.1 Å². The summed E-state index contributed by atoms with van der Waals surface area (Å²) in [4.78, 5) is 12.7. The summed E-state index contributed by atoms with van der Waals surface area (Å²) in [5.41, 5.74) is 4.02. The van der Waals surface area contributed by atoms with Crippen molar-refractivity contribution in [2.24, 2.45) is 0 Å². The third kappa shape index (κ3) is 3.90. The Morgan fingerprint density at radius 1 is 0.760 bits per heavy atom. The number of ether oxygens (including phenoxy) is 1. The molecule has 0 unspecified atom stereocenters. The summed E-state index contributed by atoms with van der Waals surface area (Å²) in [6.07, 6.45) is 3.57. The van der Waals surface area contributed by atoms with Crippen LogP contribution in [0.1, 0.15) is 22.3 Å². The molecule has 1 aliphatic heterocycles. The highest BCUT2D eigenvalue weighted by atomic mass is 16.5. The quantitative estimate of drug-likeness (QED) is 0.792. The molecule has 0 radical (unpaired) electrons. The molecule has 3 rings (SSSR count). The molecule has 25 heavy (non-hydrogen) atoms. The Kier molecular flexibility index (Phi) is 4.85. The third-order valence-corrected chi connectivity index (χ3v) is 3.86. The van der Waals surface area contributed by atoms with Crippen molar-refractivity contribution in [3.05, 3.63) is 81.9 Å². The van der Waals surface area contributed by atoms with E-state index >= 15 is 0 Å². The fourth-order valence-corrected chi connectivity index (χ4v) is 2.53. The minimum Gasteiger partial charge on any atom is -0.372 e. The van der Waals surface area contributed by atoms with E-state index < -0.39 is 0 Å². The van der Waals surface area contributed by atoms with E-state index in [1.54, 1.807) is 60.7 Å². The molecular formula is C21H14N2O2. The van der Waals surface area contributed by atoms with Crippen molar-refractivity contribution in [1.29, 1.82) is 10.5 Å². The zero-order valence-electron chi connectivity index (χ0n) is 13.4. The van der Waals surface area contributed by atoms with E-state index in [4.69, 9.17) is 15.3 Å². The number of nitriles is 2. The average Bonchev–Trinajstić information content (AvgIpc) is 2.66. The van der Waals surface area contributed by atoms with Gasteiger partial charge >= 0.3 is 0 Å². The van der Waals surface area contributed by atoms with Crippen LogP contribution in [0.15, 0.2) is 59.7 Å². The zero-order valence-corrected chi connectivity index (χ0v) is 13.4. The lowest BCUT2D eigenvalue weighted by Crippen LogP contribution is -2.21. The van der Waals surface area contributed by atoms with E-state index in [9.17, 15) is 4.79 Å². The van der Waals surface area contributed by atoms with Crippen LogP contribution in [0.4, 0.5) is 0 Å². The maximum absolute atomic E-state index is 12.7. The molecule has 120 valence electrons. The monoisotopic (exact) mass is 326 g/mol. The van der Waals surface area contributed by atoms with Gasteiger partial charge < -0.3 is 4.74 Å². The van der Waals surface area contributed by atoms with Crippen LogP contribution in [0.3, 0.4) is 0 Å². The van der Waals surface area contributed by atoms with Gasteiger partial charge in [0.1, 0.15) is 0 Å². The highest BCUT2D eigenvalue weighted by Crippen LogP contribution is 2.20. The normalized spacial score (nSPS) is 17.3. The molecule has 0 aliphatic carbocycles. The molecule has 0 bridgehead atoms. The molecule has 4 heteroatoms. The number of rotatable bonds is 2. The molecule has 0 aromatic heterocycles. The first kappa shape index (κ1) is 16.4. The first-order valence-electron chi connectivity index (χ1n) is 7.73. The van der Waals surface area contributed by atoms with Crippen molar-refractivity contribution in [2.75, 3.05) is 13.2 Å². The SMILES string of the molecule is N#Cc1ccc(/C=C2/COC/C(=C/c3ccc(C#N)cc3)C2=O)cc1. The molecule has 0 amide bonds. The van der Waals surface area contributed by atoms with Crippen LogP contribution in [0.2, 0.25) is 0 Å². The van der Waals surface area contributed by atoms with Crippen molar-refractivity contribution in [1.82, 2.24) is 0 Å². The lowest BCUT2D eigenvalue weighted by atomic mass is 9.97. The molecule has 2 aromatic carbocycles. The lowest BCUT2D eigenvalue weighted by Gasteiger charge is -2.17. The lowest BCUT2D eigenvalue weighted by molar-refractivity contribution is -0.114. The van der Waals surface area contributed by atoms with E-state index in [0.717, 1.165) is 11.1 Å². The van der Waals surface area contributed by atoms with Gasteiger partial charge in [0.15, 0.2) is 5.78 Å². The maximum atomic E-state index is 12.7. The van der Waals surface area contributed by atoms with Gasteiger partial charge in [-0.1, -0.05) is 24.3 Å². The Labute approximate surface area is 145 Å². The van der Waals surface area contributed by atoms with Crippen LogP contribution < -0.4 is 0 Å². The van der Waals surface area contributed by atoms with Gasteiger partial charge in [0.25, 0.3) is 0 Å². The number of nitrogens with zero attached hydrogens (tertiary/aromatic N) is 2. The average molecular weight is 326 g/mol. The summed E-state index contributed by atoms with van der Waals surface area (Å²) in [5.74, 6) is -0.0417. The van der Waals surface area contributed by atoms with Crippen LogP contribution >= 0.6 is 0 Å². The molecule has 4 nitrogen and oxygen atoms in total. The molecule has 1 fully saturated rings. The minimum atomic E-state index is -0.0417. The van der Waals surface area contributed by atoms with Crippen LogP contribution in [-0.2, 0) is 9.53 Å². The standard InChI is InChI=1S/C21H14N2O2/c22-11-17-5-1-15(2-6-17)9-19-13-25-14-20(21(19)24)10-16-3-7-18(12-23)8-4-16/h1-10H,13-14H2/b19-9-,20-10-. The minimum absolute atomic E-state index is 0.0417. The molecule has 2 aromatic rings. The third-order valence-electron chi connectivity index (χ3n) is 3.86. The van der Waals surface area contributed by atoms with E-state index in [1.807, 2.05) is 0 Å². The zero-order chi connectivity index (χ0) is 17.6. The highest BCUT2D eigenvalue weighted by Gasteiger charge is 2.21. The number of hydrogen-bond acceptors (Lipinski definition) is 4. The number of hydrogen-bond donors (Lipinski definition) is 0. The van der Waals surface area contributed by atoms with Crippen molar-refractivity contribution >= 4 is 17.9 Å². The van der Waals surface area contributed by atoms with Gasteiger partial charge in [0, 0.05) is 11.1 Å². The predicted molar refractivity (Wildman–Crippen MR) is 94.1 cm³/mol. The Bertz CT molecular complexity index is 860. The smallest absolute Gasteiger partial charge is 0.189 e. The van der Waals surface area contributed by atoms with E-state index in [0.29, 0.717) is 22.3 Å². The second-order valence-electron chi connectivity index (χ2n) is 5.63. The van der Waals surface area contributed by atoms with Gasteiger partial charge in [-0.2, -0.15) is 10.5 Å². The van der Waals surface area contributed by atoms with Gasteiger partial charge in [-0.15, -0.1) is 0 Å². The van der Waals surface area contributed by atoms with E-state index in [-0.39, 0.29) is 19.0 Å². The number of ketones is 1. The van der Waals surface area contributed by atoms with Crippen molar-refractivity contribution in [3.63, 3.8) is 0 Å². The van der Waals surface area contributed by atoms with Gasteiger partial charge in [-0.25, -0.2) is 0 Å². The highest BCUT2D eigenvalue weighted by molar-refractivity contribution is 6.14. The summed E-state index contributed by atoms with van der Waals surface area (Å²) in [7, 11) is 0. The molecular weight excluding hydrogens is 312 g/mol. The van der Waals surface area contributed by atoms with Gasteiger partial charge in [0.05, 0.1) is 36.5 Å². The van der Waals surface area contributed by atoms with Crippen LogP contribution in [0.25, 0.3) is 12.2 Å². The summed E-state index contributed by atoms with van der Waals surface area (Å²) in [6, 6.07) is 18.2. The number of carbonyl (C=O) groups excluding carboxylic acids is 1. The molecule has 0 saturated carbocycles. The van der Waals surface area contributed by atoms with Crippen LogP contribution in [-0.4, -0.2) is 19.0 Å². The number of benzene rings is 2. The van der Waals surface area contributed by atoms with Crippen LogP contribution in [0.5, 0.6) is 0 Å². The predicted octanol–water partition coefficient (Wildman–Crippen LogP) is 3.50. The first-order valence-corrected chi connectivity index (χ1v) is 7.73. The molecule has 1 saturated heterocycles. The van der Waals surface area contributed by atoms with Gasteiger partial charge in [-0.3, -0.25) is 4.79 Å². The molecule has 0 atom stereocenters. The second-order valence-corrected chi connectivity index (χ2v) is 5.63. The summed E-state index contributed by atoms with van der Waals surface area (Å²) in [5, 5.41) is 17.7. The Morgan fingerprint density at radius 3 is 1.52 bits per heavy atom. The molecule has 0 spiro atoms. The maximum Gasteiger partial charge on any atom is 0.189 e. The van der Waals surface area contributed by atoms with Gasteiger partial charge in [0.2, 0.25) is 0 Å². The van der Waals surface area contributed by atoms with Gasteiger partial charge in [-0.05, 0) is 47.5 Å². The summed E-state index contributed by atoms with van der Waals surface area (Å²) in [6.45, 7) is 0.535. The topological polar surface area (TPSA) is 73.9 Å². The number of Topliss-reactive ketones (excluding diaryl/α,β-unsaturated/α-hetero) is 1. The number of carbonyl (C=O) groups is 1.